The third kappa shape index (κ3) is 4.60. The number of nitrogens with zero attached hydrogens (tertiary/aromatic N) is 2. The standard InChI is InChI=1S/C19H20FN3O4S2/c1-11-5-6-13(9-15(11)20)21-18(24)12(2)28-19-22-16-10-14(7-8-17(16)27-19)29(25,26)23(3)4/h5-10,12H,1-4H3,(H,21,24). The fourth-order valence-electron chi connectivity index (χ4n) is 2.43. The van der Waals surface area contributed by atoms with Crippen LogP contribution in [0.5, 0.6) is 0 Å². The molecule has 0 fully saturated rings. The summed E-state index contributed by atoms with van der Waals surface area (Å²) in [6.07, 6.45) is 0. The van der Waals surface area contributed by atoms with Crippen LogP contribution < -0.4 is 5.32 Å². The molecule has 1 unspecified atom stereocenters. The molecule has 1 heterocycles. The van der Waals surface area contributed by atoms with Crippen molar-refractivity contribution in [1.29, 1.82) is 0 Å². The van der Waals surface area contributed by atoms with Crippen LogP contribution in [0.3, 0.4) is 0 Å². The fraction of sp³-hybridized carbons (Fsp3) is 0.263. The first-order valence-corrected chi connectivity index (χ1v) is 11.0. The normalized spacial score (nSPS) is 13.0. The Morgan fingerprint density at radius 3 is 2.62 bits per heavy atom. The number of amides is 1. The number of benzene rings is 2. The lowest BCUT2D eigenvalue weighted by molar-refractivity contribution is -0.115. The van der Waals surface area contributed by atoms with E-state index in [1.807, 2.05) is 0 Å². The van der Waals surface area contributed by atoms with E-state index in [-0.39, 0.29) is 16.0 Å². The Kier molecular flexibility index (Phi) is 5.97. The van der Waals surface area contributed by atoms with Crippen molar-refractivity contribution in [2.24, 2.45) is 0 Å². The van der Waals surface area contributed by atoms with Crippen molar-refractivity contribution in [2.45, 2.75) is 29.2 Å². The second-order valence-electron chi connectivity index (χ2n) is 6.61. The maximum absolute atomic E-state index is 13.6. The number of oxazole rings is 1. The Balaban J connectivity index is 1.75. The first-order chi connectivity index (χ1) is 13.6. The van der Waals surface area contributed by atoms with Gasteiger partial charge in [-0.05, 0) is 49.7 Å². The van der Waals surface area contributed by atoms with E-state index in [4.69, 9.17) is 4.42 Å². The van der Waals surface area contributed by atoms with Gasteiger partial charge in [0.15, 0.2) is 5.58 Å². The minimum atomic E-state index is -3.59. The molecule has 0 aliphatic rings. The second-order valence-corrected chi connectivity index (χ2v) is 10.1. The van der Waals surface area contributed by atoms with E-state index in [1.54, 1.807) is 26.0 Å². The average Bonchev–Trinajstić information content (AvgIpc) is 3.05. The van der Waals surface area contributed by atoms with Crippen LogP contribution in [0.1, 0.15) is 12.5 Å². The van der Waals surface area contributed by atoms with Crippen LogP contribution in [0, 0.1) is 12.7 Å². The van der Waals surface area contributed by atoms with Crippen LogP contribution in [0.15, 0.2) is 50.9 Å². The summed E-state index contributed by atoms with van der Waals surface area (Å²) in [5.41, 5.74) is 1.65. The summed E-state index contributed by atoms with van der Waals surface area (Å²) in [4.78, 5) is 16.8. The van der Waals surface area contributed by atoms with E-state index < -0.39 is 21.1 Å². The van der Waals surface area contributed by atoms with E-state index in [2.05, 4.69) is 10.3 Å². The first kappa shape index (κ1) is 21.3. The Morgan fingerprint density at radius 2 is 1.97 bits per heavy atom. The van der Waals surface area contributed by atoms with Gasteiger partial charge in [-0.15, -0.1) is 0 Å². The molecule has 0 bridgehead atoms. The van der Waals surface area contributed by atoms with Gasteiger partial charge in [-0.3, -0.25) is 4.79 Å². The molecule has 10 heteroatoms. The number of rotatable bonds is 6. The lowest BCUT2D eigenvalue weighted by atomic mass is 10.2. The molecule has 0 saturated carbocycles. The fourth-order valence-corrected chi connectivity index (χ4v) is 4.11. The Bertz CT molecular complexity index is 1180. The smallest absolute Gasteiger partial charge is 0.257 e. The highest BCUT2D eigenvalue weighted by Gasteiger charge is 2.21. The van der Waals surface area contributed by atoms with Crippen molar-refractivity contribution in [3.05, 3.63) is 47.8 Å². The van der Waals surface area contributed by atoms with Crippen LogP contribution >= 0.6 is 11.8 Å². The molecule has 1 amide bonds. The Hall–Kier alpha value is -2.43. The zero-order valence-corrected chi connectivity index (χ0v) is 17.9. The predicted molar refractivity (Wildman–Crippen MR) is 110 cm³/mol. The van der Waals surface area contributed by atoms with E-state index in [9.17, 15) is 17.6 Å². The number of aryl methyl sites for hydroxylation is 1. The highest BCUT2D eigenvalue weighted by atomic mass is 32.2. The van der Waals surface area contributed by atoms with E-state index in [1.165, 1.54) is 38.4 Å². The van der Waals surface area contributed by atoms with Crippen molar-refractivity contribution < 1.29 is 22.0 Å². The molecule has 1 atom stereocenters. The van der Waals surface area contributed by atoms with E-state index in [0.29, 0.717) is 22.4 Å². The number of halogens is 1. The third-order valence-electron chi connectivity index (χ3n) is 4.20. The van der Waals surface area contributed by atoms with Gasteiger partial charge in [0.25, 0.3) is 5.22 Å². The number of fused-ring (bicyclic) bond motifs is 1. The molecule has 0 radical (unpaired) electrons. The van der Waals surface area contributed by atoms with E-state index in [0.717, 1.165) is 16.1 Å². The van der Waals surface area contributed by atoms with Crippen LogP contribution in [0.4, 0.5) is 10.1 Å². The molecule has 2 aromatic carbocycles. The number of sulfonamides is 1. The number of anilines is 1. The second kappa shape index (κ2) is 8.13. The number of aromatic nitrogens is 1. The highest BCUT2D eigenvalue weighted by Crippen LogP contribution is 2.29. The summed E-state index contributed by atoms with van der Waals surface area (Å²) in [7, 11) is -0.690. The van der Waals surface area contributed by atoms with Gasteiger partial charge < -0.3 is 9.73 Å². The largest absolute Gasteiger partial charge is 0.431 e. The third-order valence-corrected chi connectivity index (χ3v) is 6.96. The molecule has 0 spiro atoms. The number of carbonyl (C=O) groups excluding carboxylic acids is 1. The first-order valence-electron chi connectivity index (χ1n) is 8.64. The molecular formula is C19H20FN3O4S2. The van der Waals surface area contributed by atoms with Crippen molar-refractivity contribution in [1.82, 2.24) is 9.29 Å². The molecule has 3 rings (SSSR count). The molecule has 0 aliphatic carbocycles. The van der Waals surface area contributed by atoms with Crippen molar-refractivity contribution in [3.63, 3.8) is 0 Å². The number of nitrogens with one attached hydrogen (secondary N) is 1. The molecule has 3 aromatic rings. The zero-order valence-electron chi connectivity index (χ0n) is 16.3. The predicted octanol–water partition coefficient (Wildman–Crippen LogP) is 3.64. The van der Waals surface area contributed by atoms with E-state index >= 15 is 0 Å². The molecule has 154 valence electrons. The molecular weight excluding hydrogens is 417 g/mol. The SMILES string of the molecule is Cc1ccc(NC(=O)C(C)Sc2nc3cc(S(=O)(=O)N(C)C)ccc3o2)cc1F. The Labute approximate surface area is 172 Å². The van der Waals surface area contributed by atoms with Gasteiger partial charge in [-0.2, -0.15) is 0 Å². The van der Waals surface area contributed by atoms with Gasteiger partial charge in [0, 0.05) is 19.8 Å². The minimum Gasteiger partial charge on any atom is -0.431 e. The van der Waals surface area contributed by atoms with Gasteiger partial charge in [-0.1, -0.05) is 17.8 Å². The van der Waals surface area contributed by atoms with Crippen LogP contribution in [0.25, 0.3) is 11.1 Å². The summed E-state index contributed by atoms with van der Waals surface area (Å²) < 4.78 is 44.9. The van der Waals surface area contributed by atoms with Crippen molar-refractivity contribution in [3.8, 4) is 0 Å². The van der Waals surface area contributed by atoms with Gasteiger partial charge in [0.05, 0.1) is 10.1 Å². The molecule has 1 N–H and O–H groups in total. The summed E-state index contributed by atoms with van der Waals surface area (Å²) in [6.45, 7) is 3.31. The summed E-state index contributed by atoms with van der Waals surface area (Å²) in [5, 5.41) is 2.31. The minimum absolute atomic E-state index is 0.104. The van der Waals surface area contributed by atoms with Crippen LogP contribution in [-0.2, 0) is 14.8 Å². The van der Waals surface area contributed by atoms with Crippen LogP contribution in [-0.4, -0.2) is 43.0 Å². The molecule has 0 saturated heterocycles. The quantitative estimate of drug-likeness (QED) is 0.592. The maximum Gasteiger partial charge on any atom is 0.257 e. The molecule has 7 nitrogen and oxygen atoms in total. The van der Waals surface area contributed by atoms with Crippen molar-refractivity contribution >= 4 is 44.5 Å². The van der Waals surface area contributed by atoms with Gasteiger partial charge in [-0.25, -0.2) is 22.1 Å². The monoisotopic (exact) mass is 437 g/mol. The lowest BCUT2D eigenvalue weighted by Crippen LogP contribution is -2.22. The summed E-state index contributed by atoms with van der Waals surface area (Å²) >= 11 is 1.08. The molecule has 0 aliphatic heterocycles. The molecule has 29 heavy (non-hydrogen) atoms. The van der Waals surface area contributed by atoms with Crippen molar-refractivity contribution in [2.75, 3.05) is 19.4 Å². The number of carbonyl (C=O) groups is 1. The highest BCUT2D eigenvalue weighted by molar-refractivity contribution is 8.00. The summed E-state index contributed by atoms with van der Waals surface area (Å²) in [6, 6.07) is 8.87. The van der Waals surface area contributed by atoms with Crippen LogP contribution in [0.2, 0.25) is 0 Å². The lowest BCUT2D eigenvalue weighted by Gasteiger charge is -2.10. The zero-order chi connectivity index (χ0) is 21.3. The molecule has 1 aromatic heterocycles. The van der Waals surface area contributed by atoms with Gasteiger partial charge >= 0.3 is 0 Å². The Morgan fingerprint density at radius 1 is 1.24 bits per heavy atom. The maximum atomic E-state index is 13.6. The topological polar surface area (TPSA) is 92.5 Å². The van der Waals surface area contributed by atoms with Gasteiger partial charge in [0.2, 0.25) is 15.9 Å². The van der Waals surface area contributed by atoms with Gasteiger partial charge in [0.1, 0.15) is 11.3 Å². The summed E-state index contributed by atoms with van der Waals surface area (Å²) in [5.74, 6) is -0.734. The number of hydrogen-bond donors (Lipinski definition) is 1. The number of hydrogen-bond acceptors (Lipinski definition) is 6. The average molecular weight is 438 g/mol. The number of thioether (sulfide) groups is 1.